The number of hydrogen-bond acceptors (Lipinski definition) is 4. The van der Waals surface area contributed by atoms with Crippen molar-refractivity contribution >= 4 is 11.9 Å². The Labute approximate surface area is 125 Å². The van der Waals surface area contributed by atoms with Crippen molar-refractivity contribution in [2.24, 2.45) is 5.92 Å². The van der Waals surface area contributed by atoms with Gasteiger partial charge in [-0.15, -0.1) is 0 Å². The molecule has 0 spiro atoms. The Bertz CT molecular complexity index is 468. The van der Waals surface area contributed by atoms with Gasteiger partial charge in [-0.25, -0.2) is 0 Å². The van der Waals surface area contributed by atoms with Crippen LogP contribution < -0.4 is 15.2 Å². The first-order valence-corrected chi connectivity index (χ1v) is 7.16. The van der Waals surface area contributed by atoms with Gasteiger partial charge in [0.25, 0.3) is 5.91 Å². The lowest BCUT2D eigenvalue weighted by atomic mass is 10.1. The van der Waals surface area contributed by atoms with Gasteiger partial charge in [0.05, 0.1) is 12.0 Å². The van der Waals surface area contributed by atoms with Crippen molar-refractivity contribution in [3.63, 3.8) is 0 Å². The smallest absolute Gasteiger partial charge is 0.258 e. The summed E-state index contributed by atoms with van der Waals surface area (Å²) in [6.45, 7) is 5.29. The summed E-state index contributed by atoms with van der Waals surface area (Å²) in [5, 5.41) is 13.3. The first kappa shape index (κ1) is 17.0. The molecule has 0 aliphatic carbocycles. The first-order valence-electron chi connectivity index (χ1n) is 7.16. The van der Waals surface area contributed by atoms with Crippen LogP contribution in [-0.4, -0.2) is 24.5 Å². The van der Waals surface area contributed by atoms with E-state index in [2.05, 4.69) is 12.2 Å². The average molecular weight is 292 g/mol. The van der Waals surface area contributed by atoms with Crippen molar-refractivity contribution in [2.45, 2.75) is 39.7 Å². The first-order chi connectivity index (χ1) is 9.93. The van der Waals surface area contributed by atoms with Crippen LogP contribution in [0.4, 0.5) is 0 Å². The van der Waals surface area contributed by atoms with Gasteiger partial charge in [-0.2, -0.15) is 0 Å². The molecule has 1 amide bonds. The van der Waals surface area contributed by atoms with E-state index in [9.17, 15) is 14.7 Å². The molecule has 5 heteroatoms. The summed E-state index contributed by atoms with van der Waals surface area (Å²) in [7, 11) is 0. The zero-order valence-corrected chi connectivity index (χ0v) is 12.7. The van der Waals surface area contributed by atoms with Crippen molar-refractivity contribution in [2.75, 3.05) is 6.61 Å². The van der Waals surface area contributed by atoms with E-state index in [4.69, 9.17) is 4.74 Å². The van der Waals surface area contributed by atoms with Crippen molar-refractivity contribution in [1.82, 2.24) is 5.32 Å². The highest BCUT2D eigenvalue weighted by Crippen LogP contribution is 2.13. The lowest BCUT2D eigenvalue weighted by Gasteiger charge is -2.23. The fraction of sp³-hybridized carbons (Fsp3) is 0.500. The van der Waals surface area contributed by atoms with Crippen LogP contribution in [0.25, 0.3) is 0 Å². The van der Waals surface area contributed by atoms with Gasteiger partial charge in [-0.1, -0.05) is 39.3 Å². The summed E-state index contributed by atoms with van der Waals surface area (Å²) in [5.41, 5.74) is 1.21. The molecule has 0 saturated carbocycles. The topological polar surface area (TPSA) is 78.5 Å². The number of benzene rings is 1. The molecule has 0 unspecified atom stereocenters. The van der Waals surface area contributed by atoms with E-state index in [0.717, 1.165) is 12.8 Å². The van der Waals surface area contributed by atoms with Crippen molar-refractivity contribution in [3.8, 4) is 5.75 Å². The maximum Gasteiger partial charge on any atom is 0.258 e. The fourth-order valence-electron chi connectivity index (χ4n) is 1.90. The van der Waals surface area contributed by atoms with Crippen LogP contribution in [0.2, 0.25) is 0 Å². The van der Waals surface area contributed by atoms with Crippen molar-refractivity contribution in [1.29, 1.82) is 0 Å². The Morgan fingerprint density at radius 3 is 2.33 bits per heavy atom. The zero-order chi connectivity index (χ0) is 15.8. The second-order valence-electron chi connectivity index (χ2n) is 5.29. The molecule has 0 aliphatic heterocycles. The Hall–Kier alpha value is -2.04. The molecule has 0 heterocycles. The third kappa shape index (κ3) is 5.85. The molecule has 0 aromatic heterocycles. The molecule has 0 saturated heterocycles. The number of rotatable bonds is 8. The van der Waals surface area contributed by atoms with Crippen LogP contribution in [0.15, 0.2) is 24.3 Å². The van der Waals surface area contributed by atoms with E-state index in [1.54, 1.807) is 26.0 Å². The Morgan fingerprint density at radius 1 is 1.24 bits per heavy atom. The monoisotopic (exact) mass is 292 g/mol. The van der Waals surface area contributed by atoms with Gasteiger partial charge < -0.3 is 20.0 Å². The zero-order valence-electron chi connectivity index (χ0n) is 12.7. The number of aryl methyl sites for hydroxylation is 1. The van der Waals surface area contributed by atoms with Gasteiger partial charge in [0.1, 0.15) is 5.75 Å². The van der Waals surface area contributed by atoms with Crippen LogP contribution >= 0.6 is 0 Å². The van der Waals surface area contributed by atoms with Gasteiger partial charge in [0.2, 0.25) is 0 Å². The number of carboxylic acid groups (broad SMARTS) is 1. The summed E-state index contributed by atoms with van der Waals surface area (Å²) in [4.78, 5) is 22.6. The molecule has 116 valence electrons. The normalized spacial score (nSPS) is 12.0. The molecule has 1 atom stereocenters. The van der Waals surface area contributed by atoms with Crippen LogP contribution in [0.5, 0.6) is 5.75 Å². The third-order valence-electron chi connectivity index (χ3n) is 3.07. The molecule has 0 radical (unpaired) electrons. The Morgan fingerprint density at radius 2 is 1.86 bits per heavy atom. The Balaban J connectivity index is 2.47. The van der Waals surface area contributed by atoms with Gasteiger partial charge in [-0.3, -0.25) is 4.79 Å². The molecule has 0 bridgehead atoms. The molecule has 5 nitrogen and oxygen atoms in total. The molecule has 0 fully saturated rings. The van der Waals surface area contributed by atoms with Gasteiger partial charge in [0, 0.05) is 0 Å². The highest BCUT2D eigenvalue weighted by molar-refractivity contribution is 5.83. The lowest BCUT2D eigenvalue weighted by molar-refractivity contribution is -0.309. The minimum Gasteiger partial charge on any atom is -0.548 e. The fourth-order valence-corrected chi connectivity index (χ4v) is 1.90. The number of amides is 1. The van der Waals surface area contributed by atoms with Gasteiger partial charge >= 0.3 is 0 Å². The number of aliphatic carboxylic acids is 1. The highest BCUT2D eigenvalue weighted by atomic mass is 16.5. The molecule has 0 aliphatic rings. The number of carbonyl (C=O) groups excluding carboxylic acids is 2. The number of carbonyl (C=O) groups is 2. The minimum atomic E-state index is -1.29. The summed E-state index contributed by atoms with van der Waals surface area (Å²) >= 11 is 0. The second kappa shape index (κ2) is 8.29. The molecular weight excluding hydrogens is 270 g/mol. The summed E-state index contributed by atoms with van der Waals surface area (Å²) in [5.74, 6) is -1.43. The maximum atomic E-state index is 11.7. The molecule has 1 aromatic rings. The van der Waals surface area contributed by atoms with Crippen molar-refractivity contribution < 1.29 is 19.4 Å². The Kier molecular flexibility index (Phi) is 6.72. The number of carboxylic acids is 1. The van der Waals surface area contributed by atoms with Gasteiger partial charge in [-0.05, 0) is 30.0 Å². The van der Waals surface area contributed by atoms with E-state index in [0.29, 0.717) is 5.75 Å². The standard InChI is InChI=1S/C16H23NO4/c1-4-5-12-6-8-13(9-7-12)21-10-14(18)17-15(11(2)3)16(19)20/h6-9,11,15H,4-5,10H2,1-3H3,(H,17,18)(H,19,20)/p-1/t15-/m1/s1. The van der Waals surface area contributed by atoms with E-state index in [-0.39, 0.29) is 12.5 Å². The summed E-state index contributed by atoms with van der Waals surface area (Å²) < 4.78 is 5.34. The number of nitrogens with one attached hydrogen (secondary N) is 1. The highest BCUT2D eigenvalue weighted by Gasteiger charge is 2.17. The van der Waals surface area contributed by atoms with Crippen LogP contribution in [0.3, 0.4) is 0 Å². The molecule has 1 aromatic carbocycles. The average Bonchev–Trinajstić information content (AvgIpc) is 2.43. The lowest BCUT2D eigenvalue weighted by Crippen LogP contribution is -2.51. The summed E-state index contributed by atoms with van der Waals surface area (Å²) in [6, 6.07) is 6.51. The summed E-state index contributed by atoms with van der Waals surface area (Å²) in [6.07, 6.45) is 2.07. The van der Waals surface area contributed by atoms with Gasteiger partial charge in [0.15, 0.2) is 6.61 Å². The van der Waals surface area contributed by atoms with E-state index >= 15 is 0 Å². The largest absolute Gasteiger partial charge is 0.548 e. The van der Waals surface area contributed by atoms with Crippen molar-refractivity contribution in [3.05, 3.63) is 29.8 Å². The molecule has 21 heavy (non-hydrogen) atoms. The van der Waals surface area contributed by atoms with E-state index in [1.165, 1.54) is 5.56 Å². The molecule has 1 rings (SSSR count). The quantitative estimate of drug-likeness (QED) is 0.772. The van der Waals surface area contributed by atoms with E-state index < -0.39 is 17.9 Å². The predicted octanol–water partition coefficient (Wildman–Crippen LogP) is 0.909. The number of ether oxygens (including phenoxy) is 1. The minimum absolute atomic E-state index is 0.219. The maximum absolute atomic E-state index is 11.7. The second-order valence-corrected chi connectivity index (χ2v) is 5.29. The SMILES string of the molecule is CCCc1ccc(OCC(=O)N[C@@H](C(=O)[O-])C(C)C)cc1. The van der Waals surface area contributed by atoms with Crippen LogP contribution in [0, 0.1) is 5.92 Å². The van der Waals surface area contributed by atoms with E-state index in [1.807, 2.05) is 12.1 Å². The molecule has 1 N–H and O–H groups in total. The van der Waals surface area contributed by atoms with Crippen LogP contribution in [0.1, 0.15) is 32.8 Å². The third-order valence-corrected chi connectivity index (χ3v) is 3.07. The number of hydrogen-bond donors (Lipinski definition) is 1. The van der Waals surface area contributed by atoms with Crippen LogP contribution in [-0.2, 0) is 16.0 Å². The predicted molar refractivity (Wildman–Crippen MR) is 77.7 cm³/mol. The molecular formula is C16H22NO4-.